The molecule has 3 rings (SSSR count). The standard InChI is InChI=1S/C23H23NO4S2/c1-3-5-13-28-19-11-9-16(10-12-19)14-20-21(25)24(23(29)30-20)18-8-6-7-17(15-18)22(26)27-4-2/h6-12,14-15H,3-5,13H2,1-2H3/b20-14-. The summed E-state index contributed by atoms with van der Waals surface area (Å²) in [5.41, 5.74) is 1.82. The smallest absolute Gasteiger partial charge is 0.338 e. The zero-order valence-corrected chi connectivity index (χ0v) is 18.6. The van der Waals surface area contributed by atoms with Crippen LogP contribution in [-0.2, 0) is 9.53 Å². The van der Waals surface area contributed by atoms with Crippen molar-refractivity contribution >= 4 is 51.9 Å². The Morgan fingerprint density at radius 1 is 1.17 bits per heavy atom. The van der Waals surface area contributed by atoms with Crippen molar-refractivity contribution in [2.24, 2.45) is 0 Å². The van der Waals surface area contributed by atoms with E-state index in [-0.39, 0.29) is 12.5 Å². The van der Waals surface area contributed by atoms with Crippen molar-refractivity contribution in [3.63, 3.8) is 0 Å². The Labute approximate surface area is 186 Å². The number of thiocarbonyl (C=S) groups is 1. The summed E-state index contributed by atoms with van der Waals surface area (Å²) < 4.78 is 11.1. The van der Waals surface area contributed by atoms with E-state index in [1.165, 1.54) is 16.7 Å². The number of esters is 1. The van der Waals surface area contributed by atoms with E-state index < -0.39 is 5.97 Å². The second-order valence-corrected chi connectivity index (χ2v) is 8.23. The molecule has 30 heavy (non-hydrogen) atoms. The van der Waals surface area contributed by atoms with E-state index in [0.29, 0.717) is 27.1 Å². The first-order valence-electron chi connectivity index (χ1n) is 9.81. The van der Waals surface area contributed by atoms with E-state index in [4.69, 9.17) is 21.7 Å². The molecule has 1 saturated heterocycles. The summed E-state index contributed by atoms with van der Waals surface area (Å²) in [7, 11) is 0. The first kappa shape index (κ1) is 22.1. The number of ether oxygens (including phenoxy) is 2. The Kier molecular flexibility index (Phi) is 7.65. The summed E-state index contributed by atoms with van der Waals surface area (Å²) in [6, 6.07) is 14.3. The van der Waals surface area contributed by atoms with E-state index >= 15 is 0 Å². The fourth-order valence-electron chi connectivity index (χ4n) is 2.82. The number of hydrogen-bond donors (Lipinski definition) is 0. The third kappa shape index (κ3) is 5.29. The molecule has 0 bridgehead atoms. The lowest BCUT2D eigenvalue weighted by molar-refractivity contribution is -0.113. The molecule has 0 aromatic heterocycles. The Morgan fingerprint density at radius 3 is 2.63 bits per heavy atom. The quantitative estimate of drug-likeness (QED) is 0.235. The average Bonchev–Trinajstić information content (AvgIpc) is 3.02. The molecule has 0 aliphatic carbocycles. The van der Waals surface area contributed by atoms with Gasteiger partial charge in [-0.2, -0.15) is 0 Å². The monoisotopic (exact) mass is 441 g/mol. The summed E-state index contributed by atoms with van der Waals surface area (Å²) >= 11 is 6.66. The number of amides is 1. The second-order valence-electron chi connectivity index (χ2n) is 6.56. The van der Waals surface area contributed by atoms with Crippen LogP contribution in [0.15, 0.2) is 53.4 Å². The summed E-state index contributed by atoms with van der Waals surface area (Å²) in [6.45, 7) is 4.85. The van der Waals surface area contributed by atoms with Crippen molar-refractivity contribution in [3.8, 4) is 5.75 Å². The van der Waals surface area contributed by atoms with E-state index in [9.17, 15) is 9.59 Å². The largest absolute Gasteiger partial charge is 0.494 e. The maximum Gasteiger partial charge on any atom is 0.338 e. The fourth-order valence-corrected chi connectivity index (χ4v) is 4.12. The predicted octanol–water partition coefficient (Wildman–Crippen LogP) is 5.45. The molecule has 0 spiro atoms. The van der Waals surface area contributed by atoms with Crippen LogP contribution in [0.4, 0.5) is 5.69 Å². The number of benzene rings is 2. The second kappa shape index (κ2) is 10.4. The van der Waals surface area contributed by atoms with Crippen LogP contribution in [0.3, 0.4) is 0 Å². The number of carbonyl (C=O) groups is 2. The topological polar surface area (TPSA) is 55.8 Å². The lowest BCUT2D eigenvalue weighted by Crippen LogP contribution is -2.27. The van der Waals surface area contributed by atoms with Crippen LogP contribution in [0.2, 0.25) is 0 Å². The third-order valence-corrected chi connectivity index (χ3v) is 5.66. The SMILES string of the molecule is CCCCOc1ccc(/C=C2\SC(=S)N(c3cccc(C(=O)OCC)c3)C2=O)cc1. The highest BCUT2D eigenvalue weighted by molar-refractivity contribution is 8.27. The van der Waals surface area contributed by atoms with Crippen molar-refractivity contribution in [1.82, 2.24) is 0 Å². The van der Waals surface area contributed by atoms with Gasteiger partial charge in [0.25, 0.3) is 5.91 Å². The summed E-state index contributed by atoms with van der Waals surface area (Å²) in [6.07, 6.45) is 3.91. The first-order valence-corrected chi connectivity index (χ1v) is 11.0. The molecule has 1 aliphatic heterocycles. The number of carbonyl (C=O) groups excluding carboxylic acids is 2. The van der Waals surface area contributed by atoms with Gasteiger partial charge >= 0.3 is 5.97 Å². The minimum Gasteiger partial charge on any atom is -0.494 e. The van der Waals surface area contributed by atoms with Gasteiger partial charge in [0.15, 0.2) is 4.32 Å². The van der Waals surface area contributed by atoms with Crippen LogP contribution >= 0.6 is 24.0 Å². The van der Waals surface area contributed by atoms with Gasteiger partial charge in [0.1, 0.15) is 5.75 Å². The lowest BCUT2D eigenvalue weighted by Gasteiger charge is -2.15. The van der Waals surface area contributed by atoms with E-state index in [0.717, 1.165) is 24.2 Å². The number of nitrogens with zero attached hydrogens (tertiary/aromatic N) is 1. The number of hydrogen-bond acceptors (Lipinski definition) is 6. The summed E-state index contributed by atoms with van der Waals surface area (Å²) in [5, 5.41) is 0. The van der Waals surface area contributed by atoms with Gasteiger partial charge < -0.3 is 9.47 Å². The molecule has 1 heterocycles. The molecule has 1 amide bonds. The van der Waals surface area contributed by atoms with E-state index in [1.54, 1.807) is 31.2 Å². The highest BCUT2D eigenvalue weighted by atomic mass is 32.2. The number of thioether (sulfide) groups is 1. The minimum atomic E-state index is -0.429. The Morgan fingerprint density at radius 2 is 1.93 bits per heavy atom. The van der Waals surface area contributed by atoms with Crippen molar-refractivity contribution in [1.29, 1.82) is 0 Å². The molecule has 1 aliphatic rings. The molecule has 0 unspecified atom stereocenters. The van der Waals surface area contributed by atoms with Gasteiger partial charge in [-0.3, -0.25) is 9.69 Å². The van der Waals surface area contributed by atoms with Crippen LogP contribution < -0.4 is 9.64 Å². The Balaban J connectivity index is 1.76. The van der Waals surface area contributed by atoms with Gasteiger partial charge in [-0.1, -0.05) is 55.5 Å². The first-order chi connectivity index (χ1) is 14.5. The predicted molar refractivity (Wildman–Crippen MR) is 125 cm³/mol. The van der Waals surface area contributed by atoms with Gasteiger partial charge in [0, 0.05) is 0 Å². The van der Waals surface area contributed by atoms with Gasteiger partial charge in [-0.15, -0.1) is 0 Å². The maximum atomic E-state index is 13.0. The number of rotatable bonds is 8. The van der Waals surface area contributed by atoms with Gasteiger partial charge in [-0.25, -0.2) is 4.79 Å². The Hall–Kier alpha value is -2.64. The molecule has 0 atom stereocenters. The molecule has 156 valence electrons. The van der Waals surface area contributed by atoms with Crippen molar-refractivity contribution in [3.05, 3.63) is 64.6 Å². The fraction of sp³-hybridized carbons (Fsp3) is 0.261. The molecular weight excluding hydrogens is 418 g/mol. The average molecular weight is 442 g/mol. The molecule has 2 aromatic carbocycles. The zero-order chi connectivity index (χ0) is 21.5. The summed E-state index contributed by atoms with van der Waals surface area (Å²) in [4.78, 5) is 27.0. The van der Waals surface area contributed by atoms with Gasteiger partial charge in [-0.05, 0) is 55.3 Å². The van der Waals surface area contributed by atoms with Crippen LogP contribution in [0, 0.1) is 0 Å². The molecule has 1 fully saturated rings. The lowest BCUT2D eigenvalue weighted by atomic mass is 10.1. The third-order valence-electron chi connectivity index (χ3n) is 4.35. The number of anilines is 1. The van der Waals surface area contributed by atoms with Crippen LogP contribution in [0.25, 0.3) is 6.08 Å². The molecule has 5 nitrogen and oxygen atoms in total. The molecule has 0 saturated carbocycles. The van der Waals surface area contributed by atoms with E-state index in [2.05, 4.69) is 6.92 Å². The van der Waals surface area contributed by atoms with E-state index in [1.807, 2.05) is 30.3 Å². The molecular formula is C23H23NO4S2. The van der Waals surface area contributed by atoms with Crippen LogP contribution in [0.5, 0.6) is 5.75 Å². The minimum absolute atomic E-state index is 0.214. The Bertz CT molecular complexity index is 969. The van der Waals surface area contributed by atoms with Crippen molar-refractivity contribution < 1.29 is 19.1 Å². The normalized spacial score (nSPS) is 15.0. The summed E-state index contributed by atoms with van der Waals surface area (Å²) in [5.74, 6) is 0.166. The molecule has 0 N–H and O–H groups in total. The highest BCUT2D eigenvalue weighted by Crippen LogP contribution is 2.36. The van der Waals surface area contributed by atoms with Crippen LogP contribution in [-0.4, -0.2) is 29.4 Å². The number of unbranched alkanes of at least 4 members (excludes halogenated alkanes) is 1. The van der Waals surface area contributed by atoms with Gasteiger partial charge in [0.05, 0.1) is 29.4 Å². The molecule has 0 radical (unpaired) electrons. The van der Waals surface area contributed by atoms with Crippen LogP contribution in [0.1, 0.15) is 42.6 Å². The zero-order valence-electron chi connectivity index (χ0n) is 16.9. The highest BCUT2D eigenvalue weighted by Gasteiger charge is 2.33. The molecule has 7 heteroatoms. The van der Waals surface area contributed by atoms with Crippen molar-refractivity contribution in [2.45, 2.75) is 26.7 Å². The molecule has 2 aromatic rings. The maximum absolute atomic E-state index is 13.0. The van der Waals surface area contributed by atoms with Gasteiger partial charge in [0.2, 0.25) is 0 Å². The van der Waals surface area contributed by atoms with Crippen molar-refractivity contribution in [2.75, 3.05) is 18.1 Å².